The molecule has 1 aliphatic heterocycles. The van der Waals surface area contributed by atoms with E-state index in [0.717, 1.165) is 25.7 Å². The van der Waals surface area contributed by atoms with Gasteiger partial charge in [-0.1, -0.05) is 11.6 Å². The summed E-state index contributed by atoms with van der Waals surface area (Å²) in [7, 11) is 0. The van der Waals surface area contributed by atoms with Gasteiger partial charge in [0.2, 0.25) is 5.91 Å². The maximum Gasteiger partial charge on any atom is 0.244 e. The summed E-state index contributed by atoms with van der Waals surface area (Å²) >= 11 is 9.42. The van der Waals surface area contributed by atoms with Crippen molar-refractivity contribution in [3.05, 3.63) is 27.4 Å². The van der Waals surface area contributed by atoms with Gasteiger partial charge in [0.1, 0.15) is 5.82 Å². The lowest BCUT2D eigenvalue weighted by atomic mass is 10.0. The fourth-order valence-corrected chi connectivity index (χ4v) is 3.65. The average Bonchev–Trinajstić information content (AvgIpc) is 3.16. The molecule has 0 bridgehead atoms. The molecule has 1 heterocycles. The second kappa shape index (κ2) is 5.62. The molecule has 0 radical (unpaired) electrons. The van der Waals surface area contributed by atoms with Gasteiger partial charge in [0.15, 0.2) is 0 Å². The highest BCUT2D eigenvalue weighted by Gasteiger charge is 2.35. The predicted octanol–water partition coefficient (Wildman–Crippen LogP) is 3.49. The number of piperidine rings is 1. The van der Waals surface area contributed by atoms with Crippen molar-refractivity contribution in [3.63, 3.8) is 0 Å². The van der Waals surface area contributed by atoms with Gasteiger partial charge in [-0.25, -0.2) is 4.39 Å². The van der Waals surface area contributed by atoms with Crippen LogP contribution in [0.25, 0.3) is 0 Å². The molecule has 0 spiro atoms. The third-order valence-corrected chi connectivity index (χ3v) is 4.60. The van der Waals surface area contributed by atoms with Crippen molar-refractivity contribution in [2.75, 3.05) is 11.4 Å². The molecule has 0 aromatic heterocycles. The average molecular weight is 362 g/mol. The lowest BCUT2D eigenvalue weighted by Crippen LogP contribution is -2.51. The minimum Gasteiger partial charge on any atom is -0.309 e. The maximum atomic E-state index is 13.3. The minimum absolute atomic E-state index is 0.0253. The summed E-state index contributed by atoms with van der Waals surface area (Å²) in [5.41, 5.74) is 0.570. The van der Waals surface area contributed by atoms with Crippen LogP contribution in [0.1, 0.15) is 25.7 Å². The molecule has 2 fully saturated rings. The van der Waals surface area contributed by atoms with Gasteiger partial charge in [-0.2, -0.15) is 0 Å². The maximum absolute atomic E-state index is 13.3. The van der Waals surface area contributed by atoms with Gasteiger partial charge in [0.25, 0.3) is 0 Å². The summed E-state index contributed by atoms with van der Waals surface area (Å²) in [4.78, 5) is 14.2. The number of amides is 1. The van der Waals surface area contributed by atoms with Crippen LogP contribution in [-0.2, 0) is 4.79 Å². The molecule has 1 saturated carbocycles. The molecule has 1 atom stereocenters. The topological polar surface area (TPSA) is 32.3 Å². The molecule has 6 heteroatoms. The Kier molecular flexibility index (Phi) is 4.02. The number of halogens is 3. The summed E-state index contributed by atoms with van der Waals surface area (Å²) in [6.07, 6.45) is 4.05. The number of benzene rings is 1. The number of hydrogen-bond acceptors (Lipinski definition) is 2. The van der Waals surface area contributed by atoms with Crippen LogP contribution in [0.3, 0.4) is 0 Å². The van der Waals surface area contributed by atoms with E-state index in [1.54, 1.807) is 4.90 Å². The normalized spacial score (nSPS) is 23.2. The molecule has 1 N–H and O–H groups in total. The third kappa shape index (κ3) is 2.85. The summed E-state index contributed by atoms with van der Waals surface area (Å²) in [6.45, 7) is 0.617. The number of nitrogens with zero attached hydrogens (tertiary/aromatic N) is 1. The molecule has 20 heavy (non-hydrogen) atoms. The van der Waals surface area contributed by atoms with E-state index in [4.69, 9.17) is 11.6 Å². The summed E-state index contributed by atoms with van der Waals surface area (Å²) in [5.74, 6) is -0.389. The first kappa shape index (κ1) is 14.3. The minimum atomic E-state index is -0.414. The van der Waals surface area contributed by atoms with Crippen molar-refractivity contribution in [3.8, 4) is 0 Å². The summed E-state index contributed by atoms with van der Waals surface area (Å²) < 4.78 is 13.8. The van der Waals surface area contributed by atoms with Crippen LogP contribution in [0.4, 0.5) is 10.1 Å². The molecule has 3 rings (SSSR count). The Morgan fingerprint density at radius 3 is 2.75 bits per heavy atom. The van der Waals surface area contributed by atoms with Crippen molar-refractivity contribution in [1.82, 2.24) is 5.32 Å². The van der Waals surface area contributed by atoms with Gasteiger partial charge in [-0.15, -0.1) is 0 Å². The predicted molar refractivity (Wildman–Crippen MR) is 80.6 cm³/mol. The molecule has 1 aromatic carbocycles. The Morgan fingerprint density at radius 2 is 2.10 bits per heavy atom. The second-order valence-electron chi connectivity index (χ2n) is 5.34. The van der Waals surface area contributed by atoms with Crippen LogP contribution in [0.5, 0.6) is 0 Å². The van der Waals surface area contributed by atoms with E-state index in [0.29, 0.717) is 22.7 Å². The van der Waals surface area contributed by atoms with Gasteiger partial charge in [-0.3, -0.25) is 4.79 Å². The van der Waals surface area contributed by atoms with Crippen molar-refractivity contribution in [1.29, 1.82) is 0 Å². The fraction of sp³-hybridized carbons (Fsp3) is 0.500. The largest absolute Gasteiger partial charge is 0.309 e. The molecule has 3 nitrogen and oxygen atoms in total. The zero-order valence-corrected chi connectivity index (χ0v) is 13.2. The number of nitrogens with one attached hydrogen (secondary N) is 1. The zero-order valence-electron chi connectivity index (χ0n) is 10.8. The standard InChI is InChI=1S/C14H15BrClFN2O/c15-10-6-8(17)7-11(16)13(10)19-5-1-2-12(14(19)20)18-9-3-4-9/h6-7,9,12,18H,1-5H2. The van der Waals surface area contributed by atoms with Crippen LogP contribution in [0, 0.1) is 5.82 Å². The first-order valence-electron chi connectivity index (χ1n) is 6.78. The monoisotopic (exact) mass is 360 g/mol. The number of carbonyl (C=O) groups excluding carboxylic acids is 1. The van der Waals surface area contributed by atoms with E-state index >= 15 is 0 Å². The van der Waals surface area contributed by atoms with E-state index < -0.39 is 5.82 Å². The highest BCUT2D eigenvalue weighted by molar-refractivity contribution is 9.10. The van der Waals surface area contributed by atoms with Crippen molar-refractivity contribution in [2.45, 2.75) is 37.8 Å². The fourth-order valence-electron chi connectivity index (χ4n) is 2.58. The Balaban J connectivity index is 1.86. The second-order valence-corrected chi connectivity index (χ2v) is 6.61. The number of hydrogen-bond donors (Lipinski definition) is 1. The van der Waals surface area contributed by atoms with E-state index in [-0.39, 0.29) is 17.0 Å². The van der Waals surface area contributed by atoms with Gasteiger partial charge in [0.05, 0.1) is 16.8 Å². The van der Waals surface area contributed by atoms with E-state index in [9.17, 15) is 9.18 Å². The van der Waals surface area contributed by atoms with Crippen LogP contribution >= 0.6 is 27.5 Å². The molecular weight excluding hydrogens is 347 g/mol. The van der Waals surface area contributed by atoms with Gasteiger partial charge in [-0.05, 0) is 53.7 Å². The Labute approximate surface area is 130 Å². The van der Waals surface area contributed by atoms with Crippen molar-refractivity contribution in [2.24, 2.45) is 0 Å². The number of carbonyl (C=O) groups is 1. The smallest absolute Gasteiger partial charge is 0.244 e. The zero-order chi connectivity index (χ0) is 14.3. The third-order valence-electron chi connectivity index (χ3n) is 3.70. The van der Waals surface area contributed by atoms with Crippen LogP contribution in [-0.4, -0.2) is 24.5 Å². The highest BCUT2D eigenvalue weighted by atomic mass is 79.9. The van der Waals surface area contributed by atoms with E-state index in [2.05, 4.69) is 21.2 Å². The van der Waals surface area contributed by atoms with Gasteiger partial charge < -0.3 is 10.2 Å². The molecular formula is C14H15BrClFN2O. The summed E-state index contributed by atoms with van der Waals surface area (Å²) in [6, 6.07) is 2.92. The first-order chi connectivity index (χ1) is 9.56. The summed E-state index contributed by atoms with van der Waals surface area (Å²) in [5, 5.41) is 3.63. The molecule has 2 aliphatic rings. The lowest BCUT2D eigenvalue weighted by molar-refractivity contribution is -0.121. The molecule has 108 valence electrons. The molecule has 1 aromatic rings. The van der Waals surface area contributed by atoms with E-state index in [1.165, 1.54) is 12.1 Å². The SMILES string of the molecule is O=C1C(NC2CC2)CCCN1c1c(Cl)cc(F)cc1Br. The Morgan fingerprint density at radius 1 is 1.35 bits per heavy atom. The van der Waals surface area contributed by atoms with Gasteiger partial charge in [0, 0.05) is 17.1 Å². The highest BCUT2D eigenvalue weighted by Crippen LogP contribution is 2.37. The van der Waals surface area contributed by atoms with Crippen LogP contribution in [0.2, 0.25) is 5.02 Å². The molecule has 1 aliphatic carbocycles. The van der Waals surface area contributed by atoms with Crippen LogP contribution in [0.15, 0.2) is 16.6 Å². The molecule has 1 unspecified atom stereocenters. The van der Waals surface area contributed by atoms with Crippen molar-refractivity contribution < 1.29 is 9.18 Å². The number of rotatable bonds is 3. The molecule has 1 saturated heterocycles. The Hall–Kier alpha value is -0.650. The number of anilines is 1. The Bertz CT molecular complexity index is 527. The first-order valence-corrected chi connectivity index (χ1v) is 7.95. The lowest BCUT2D eigenvalue weighted by Gasteiger charge is -2.34. The molecule has 1 amide bonds. The van der Waals surface area contributed by atoms with Gasteiger partial charge >= 0.3 is 0 Å². The van der Waals surface area contributed by atoms with Crippen LogP contribution < -0.4 is 10.2 Å². The quantitative estimate of drug-likeness (QED) is 0.894. The van der Waals surface area contributed by atoms with E-state index in [1.807, 2.05) is 0 Å². The van der Waals surface area contributed by atoms with Crippen molar-refractivity contribution >= 4 is 39.1 Å².